The summed E-state index contributed by atoms with van der Waals surface area (Å²) in [5.41, 5.74) is -1.06. The van der Waals surface area contributed by atoms with Crippen LogP contribution in [0.25, 0.3) is 0 Å². The van der Waals surface area contributed by atoms with E-state index in [9.17, 15) is 13.9 Å². The third kappa shape index (κ3) is 7.54. The van der Waals surface area contributed by atoms with Gasteiger partial charge in [0.1, 0.15) is 11.9 Å². The number of rotatable bonds is 8. The van der Waals surface area contributed by atoms with Crippen molar-refractivity contribution in [3.05, 3.63) is 59.3 Å². The zero-order chi connectivity index (χ0) is 21.9. The molecule has 0 saturated carbocycles. The van der Waals surface area contributed by atoms with Crippen molar-refractivity contribution < 1.29 is 13.9 Å². The fourth-order valence-corrected chi connectivity index (χ4v) is 2.18. The SMILES string of the molecule is C=N/C=C(C#Cc1cccc(C#N)c1)\C=C/CC(F)(F)C(C)(O)CN(N)/C=N\N. The number of nitrogens with two attached hydrogens (primary N) is 2. The normalized spacial score (nSPS) is 14.1. The molecule has 1 rings (SSSR count). The van der Waals surface area contributed by atoms with Gasteiger partial charge in [-0.3, -0.25) is 10.0 Å². The Balaban J connectivity index is 2.92. The lowest BCUT2D eigenvalue weighted by Crippen LogP contribution is -2.54. The molecule has 0 radical (unpaired) electrons. The molecule has 29 heavy (non-hydrogen) atoms. The molecule has 0 aliphatic heterocycles. The number of aliphatic imine (C=N–C) groups is 1. The first-order chi connectivity index (χ1) is 13.6. The van der Waals surface area contributed by atoms with Gasteiger partial charge in [0, 0.05) is 23.8 Å². The monoisotopic (exact) mass is 400 g/mol. The second kappa shape index (κ2) is 10.7. The highest BCUT2D eigenvalue weighted by atomic mass is 19.3. The Labute approximate surface area is 168 Å². The van der Waals surface area contributed by atoms with Crippen molar-refractivity contribution in [3.63, 3.8) is 0 Å². The van der Waals surface area contributed by atoms with Crippen LogP contribution in [0, 0.1) is 23.2 Å². The summed E-state index contributed by atoms with van der Waals surface area (Å²) < 4.78 is 28.8. The molecule has 152 valence electrons. The van der Waals surface area contributed by atoms with Gasteiger partial charge >= 0.3 is 0 Å². The van der Waals surface area contributed by atoms with E-state index in [1.54, 1.807) is 24.3 Å². The topological polar surface area (TPSA) is 124 Å². The number of alkyl halides is 2. The summed E-state index contributed by atoms with van der Waals surface area (Å²) in [5.74, 6) is 12.4. The largest absolute Gasteiger partial charge is 0.382 e. The van der Waals surface area contributed by atoms with Crippen molar-refractivity contribution in [2.24, 2.45) is 21.8 Å². The number of halogens is 2. The maximum atomic E-state index is 14.4. The molecule has 0 heterocycles. The summed E-state index contributed by atoms with van der Waals surface area (Å²) in [4.78, 5) is 3.60. The second-order valence-electron chi connectivity index (χ2n) is 6.23. The highest BCUT2D eigenvalue weighted by molar-refractivity contribution is 5.53. The van der Waals surface area contributed by atoms with E-state index >= 15 is 0 Å². The molecule has 9 heteroatoms. The van der Waals surface area contributed by atoms with E-state index in [-0.39, 0.29) is 0 Å². The van der Waals surface area contributed by atoms with Gasteiger partial charge in [-0.25, -0.2) is 14.6 Å². The number of nitrogens with zero attached hydrogens (tertiary/aromatic N) is 4. The quantitative estimate of drug-likeness (QED) is 0.154. The van der Waals surface area contributed by atoms with Crippen LogP contribution >= 0.6 is 0 Å². The lowest BCUT2D eigenvalue weighted by Gasteiger charge is -2.34. The predicted octanol–water partition coefficient (Wildman–Crippen LogP) is 1.90. The molecule has 1 aromatic rings. The summed E-state index contributed by atoms with van der Waals surface area (Å²) >= 11 is 0. The van der Waals surface area contributed by atoms with Crippen LogP contribution in [0.2, 0.25) is 0 Å². The van der Waals surface area contributed by atoms with Crippen LogP contribution in [-0.4, -0.2) is 41.2 Å². The summed E-state index contributed by atoms with van der Waals surface area (Å²) in [7, 11) is 0. The number of nitriles is 1. The number of aliphatic hydroxyl groups is 1. The Hall–Kier alpha value is -3.53. The van der Waals surface area contributed by atoms with Gasteiger partial charge in [0.2, 0.25) is 0 Å². The maximum Gasteiger partial charge on any atom is 0.281 e. The number of hydrogen-bond acceptors (Lipinski definition) is 6. The smallest absolute Gasteiger partial charge is 0.281 e. The van der Waals surface area contributed by atoms with Gasteiger partial charge in [-0.15, -0.1) is 0 Å². The van der Waals surface area contributed by atoms with Gasteiger partial charge in [-0.1, -0.05) is 24.0 Å². The highest BCUT2D eigenvalue weighted by Gasteiger charge is 2.48. The average molecular weight is 400 g/mol. The van der Waals surface area contributed by atoms with Crippen LogP contribution in [0.5, 0.6) is 0 Å². The van der Waals surface area contributed by atoms with Crippen LogP contribution in [-0.2, 0) is 0 Å². The van der Waals surface area contributed by atoms with Crippen LogP contribution < -0.4 is 11.7 Å². The van der Waals surface area contributed by atoms with E-state index < -0.39 is 24.5 Å². The molecular weight excluding hydrogens is 378 g/mol. The van der Waals surface area contributed by atoms with Gasteiger partial charge in [0.05, 0.1) is 18.2 Å². The molecule has 1 atom stereocenters. The van der Waals surface area contributed by atoms with Crippen LogP contribution in [0.3, 0.4) is 0 Å². The highest BCUT2D eigenvalue weighted by Crippen LogP contribution is 2.32. The third-order valence-electron chi connectivity index (χ3n) is 3.74. The van der Waals surface area contributed by atoms with Gasteiger partial charge in [0.15, 0.2) is 0 Å². The number of hydrogen-bond donors (Lipinski definition) is 3. The minimum Gasteiger partial charge on any atom is -0.382 e. The lowest BCUT2D eigenvalue weighted by molar-refractivity contribution is -0.173. The number of benzene rings is 1. The average Bonchev–Trinajstić information content (AvgIpc) is 2.65. The van der Waals surface area contributed by atoms with Crippen LogP contribution in [0.1, 0.15) is 24.5 Å². The Kier molecular flexibility index (Phi) is 8.69. The van der Waals surface area contributed by atoms with E-state index in [1.807, 2.05) is 6.07 Å². The Bertz CT molecular complexity index is 904. The third-order valence-corrected chi connectivity index (χ3v) is 3.74. The molecule has 0 aliphatic rings. The first-order valence-corrected chi connectivity index (χ1v) is 8.35. The fraction of sp³-hybridized carbons (Fsp3) is 0.250. The number of hydrazine groups is 1. The zero-order valence-electron chi connectivity index (χ0n) is 15.9. The van der Waals surface area contributed by atoms with Gasteiger partial charge in [0.25, 0.3) is 5.92 Å². The van der Waals surface area contributed by atoms with E-state index in [2.05, 4.69) is 28.7 Å². The van der Waals surface area contributed by atoms with Crippen molar-refractivity contribution in [1.29, 1.82) is 5.26 Å². The molecule has 7 nitrogen and oxygen atoms in total. The molecule has 0 aromatic heterocycles. The standard InChI is InChI=1S/C20H22F2N6O/c1-19(29,14-28(25)15-27-24)20(21,22)10-4-7-17(13-26-2)9-8-16-5-3-6-18(11-16)12-23/h3-7,11,13,15,29H,2,10,14,24-25H2,1H3/b7-4-,17-13+,27-15-. The van der Waals surface area contributed by atoms with Gasteiger partial charge in [-0.2, -0.15) is 10.4 Å². The summed E-state index contributed by atoms with van der Waals surface area (Å²) in [6.07, 6.45) is 3.99. The van der Waals surface area contributed by atoms with Gasteiger partial charge in [-0.05, 0) is 37.9 Å². The molecule has 0 aliphatic carbocycles. The Morgan fingerprint density at radius 2 is 2.10 bits per heavy atom. The first-order valence-electron chi connectivity index (χ1n) is 8.35. The summed E-state index contributed by atoms with van der Waals surface area (Å²) in [6.45, 7) is 3.71. The molecular formula is C20H22F2N6O. The van der Waals surface area contributed by atoms with E-state index in [0.29, 0.717) is 16.7 Å². The van der Waals surface area contributed by atoms with Crippen LogP contribution in [0.4, 0.5) is 8.78 Å². The molecule has 0 bridgehead atoms. The van der Waals surface area contributed by atoms with Crippen LogP contribution in [0.15, 0.2) is 58.3 Å². The van der Waals surface area contributed by atoms with E-state index in [4.69, 9.17) is 16.9 Å². The Morgan fingerprint density at radius 3 is 2.72 bits per heavy atom. The van der Waals surface area contributed by atoms with E-state index in [1.165, 1.54) is 18.4 Å². The molecule has 5 N–H and O–H groups in total. The minimum atomic E-state index is -3.50. The molecule has 1 aromatic carbocycles. The fourth-order valence-electron chi connectivity index (χ4n) is 2.18. The molecule has 0 spiro atoms. The molecule has 0 amide bonds. The van der Waals surface area contributed by atoms with Crippen molar-refractivity contribution in [2.45, 2.75) is 24.9 Å². The van der Waals surface area contributed by atoms with Crippen molar-refractivity contribution in [2.75, 3.05) is 6.54 Å². The number of allylic oxidation sites excluding steroid dienone is 3. The Morgan fingerprint density at radius 1 is 1.41 bits per heavy atom. The molecule has 0 saturated heterocycles. The van der Waals surface area contributed by atoms with E-state index in [0.717, 1.165) is 18.3 Å². The van der Waals surface area contributed by atoms with Crippen molar-refractivity contribution in [1.82, 2.24) is 5.01 Å². The number of hydrazone groups is 1. The zero-order valence-corrected chi connectivity index (χ0v) is 15.9. The summed E-state index contributed by atoms with van der Waals surface area (Å²) in [5, 5.41) is 22.9. The second-order valence-corrected chi connectivity index (χ2v) is 6.23. The summed E-state index contributed by atoms with van der Waals surface area (Å²) in [6, 6.07) is 8.65. The predicted molar refractivity (Wildman–Crippen MR) is 109 cm³/mol. The maximum absolute atomic E-state index is 14.4. The molecule has 1 unspecified atom stereocenters. The van der Waals surface area contributed by atoms with Crippen molar-refractivity contribution >= 4 is 13.1 Å². The lowest BCUT2D eigenvalue weighted by atomic mass is 9.94. The van der Waals surface area contributed by atoms with Gasteiger partial charge < -0.3 is 10.9 Å². The first kappa shape index (κ1) is 23.5. The van der Waals surface area contributed by atoms with Crippen molar-refractivity contribution in [3.8, 4) is 17.9 Å². The molecule has 0 fully saturated rings. The minimum absolute atomic E-state index is 0.327.